The largest absolute Gasteiger partial charge is 0.493 e. The van der Waals surface area contributed by atoms with E-state index in [1.165, 1.54) is 0 Å². The van der Waals surface area contributed by atoms with Crippen molar-refractivity contribution in [2.24, 2.45) is 5.92 Å². The Kier molecular flexibility index (Phi) is 4.81. The molecule has 1 aromatic carbocycles. The fourth-order valence-corrected chi connectivity index (χ4v) is 3.62. The average molecular weight is 331 g/mol. The van der Waals surface area contributed by atoms with Crippen molar-refractivity contribution in [1.29, 1.82) is 0 Å². The number of furan rings is 1. The first-order chi connectivity index (χ1) is 11.6. The zero-order valence-corrected chi connectivity index (χ0v) is 14.5. The molecule has 1 heterocycles. The van der Waals surface area contributed by atoms with Gasteiger partial charge in [0.15, 0.2) is 17.1 Å². The number of rotatable bonds is 4. The summed E-state index contributed by atoms with van der Waals surface area (Å²) in [4.78, 5) is 14.7. The van der Waals surface area contributed by atoms with Crippen LogP contribution >= 0.6 is 0 Å². The van der Waals surface area contributed by atoms with Crippen LogP contribution in [0.5, 0.6) is 5.75 Å². The van der Waals surface area contributed by atoms with Gasteiger partial charge in [-0.2, -0.15) is 0 Å². The number of nitrogens with zero attached hydrogens (tertiary/aromatic N) is 1. The van der Waals surface area contributed by atoms with E-state index in [9.17, 15) is 9.90 Å². The predicted molar refractivity (Wildman–Crippen MR) is 92.4 cm³/mol. The summed E-state index contributed by atoms with van der Waals surface area (Å²) in [7, 11) is 3.44. The maximum Gasteiger partial charge on any atom is 0.289 e. The summed E-state index contributed by atoms with van der Waals surface area (Å²) >= 11 is 0. The van der Waals surface area contributed by atoms with Gasteiger partial charge in [0, 0.05) is 30.6 Å². The van der Waals surface area contributed by atoms with E-state index >= 15 is 0 Å². The van der Waals surface area contributed by atoms with Crippen LogP contribution in [0.25, 0.3) is 11.0 Å². The maximum absolute atomic E-state index is 12.9. The quantitative estimate of drug-likeness (QED) is 0.933. The minimum absolute atomic E-state index is 0.0850. The van der Waals surface area contributed by atoms with Crippen molar-refractivity contribution in [1.82, 2.24) is 4.90 Å². The van der Waals surface area contributed by atoms with Crippen LogP contribution in [0.2, 0.25) is 0 Å². The number of fused-ring (bicyclic) bond motifs is 1. The summed E-state index contributed by atoms with van der Waals surface area (Å²) in [5.41, 5.74) is 1.48. The highest BCUT2D eigenvalue weighted by Gasteiger charge is 2.29. The zero-order valence-electron chi connectivity index (χ0n) is 14.5. The van der Waals surface area contributed by atoms with Crippen molar-refractivity contribution in [3.05, 3.63) is 29.5 Å². The van der Waals surface area contributed by atoms with Gasteiger partial charge in [0.25, 0.3) is 5.91 Å². The molecule has 0 spiro atoms. The Labute approximate surface area is 142 Å². The number of aliphatic hydroxyl groups is 1. The van der Waals surface area contributed by atoms with Crippen molar-refractivity contribution in [2.45, 2.75) is 38.6 Å². The summed E-state index contributed by atoms with van der Waals surface area (Å²) in [6.07, 6.45) is 3.78. The van der Waals surface area contributed by atoms with Gasteiger partial charge in [-0.3, -0.25) is 4.79 Å². The Morgan fingerprint density at radius 1 is 1.33 bits per heavy atom. The summed E-state index contributed by atoms with van der Waals surface area (Å²) in [5.74, 6) is 1.32. The van der Waals surface area contributed by atoms with Crippen LogP contribution in [0.4, 0.5) is 0 Å². The highest BCUT2D eigenvalue weighted by atomic mass is 16.5. The third kappa shape index (κ3) is 2.88. The fourth-order valence-electron chi connectivity index (χ4n) is 3.62. The molecule has 0 unspecified atom stereocenters. The number of carbonyl (C=O) groups is 1. The lowest BCUT2D eigenvalue weighted by atomic mass is 9.86. The van der Waals surface area contributed by atoms with Gasteiger partial charge in [-0.05, 0) is 44.6 Å². The average Bonchev–Trinajstić information content (AvgIpc) is 2.97. The molecule has 0 atom stereocenters. The number of hydrogen-bond acceptors (Lipinski definition) is 4. The number of hydrogen-bond donors (Lipinski definition) is 1. The highest BCUT2D eigenvalue weighted by molar-refractivity contribution is 6.00. The fraction of sp³-hybridized carbons (Fsp3) is 0.526. The first-order valence-electron chi connectivity index (χ1n) is 8.51. The van der Waals surface area contributed by atoms with Crippen LogP contribution in [0.15, 0.2) is 22.6 Å². The third-order valence-corrected chi connectivity index (χ3v) is 5.28. The lowest BCUT2D eigenvalue weighted by molar-refractivity contribution is 0.0623. The Morgan fingerprint density at radius 3 is 2.67 bits per heavy atom. The minimum Gasteiger partial charge on any atom is -0.493 e. The van der Waals surface area contributed by atoms with E-state index < -0.39 is 0 Å². The molecule has 24 heavy (non-hydrogen) atoms. The van der Waals surface area contributed by atoms with Crippen molar-refractivity contribution in [3.8, 4) is 5.75 Å². The van der Waals surface area contributed by atoms with Crippen molar-refractivity contribution < 1.29 is 19.1 Å². The van der Waals surface area contributed by atoms with Gasteiger partial charge in [0.1, 0.15) is 0 Å². The second-order valence-electron chi connectivity index (χ2n) is 6.67. The molecule has 1 N–H and O–H groups in total. The highest BCUT2D eigenvalue weighted by Crippen LogP contribution is 2.34. The molecule has 0 aliphatic heterocycles. The smallest absolute Gasteiger partial charge is 0.289 e. The lowest BCUT2D eigenvalue weighted by Gasteiger charge is -2.33. The molecule has 1 amide bonds. The second kappa shape index (κ2) is 6.85. The molecule has 1 aliphatic rings. The Balaban J connectivity index is 1.85. The number of amides is 1. The second-order valence-corrected chi connectivity index (χ2v) is 6.67. The molecule has 5 nitrogen and oxygen atoms in total. The number of methoxy groups -OCH3 is 1. The number of ether oxygens (including phenoxy) is 1. The molecule has 0 radical (unpaired) electrons. The van der Waals surface area contributed by atoms with E-state index in [1.807, 2.05) is 32.2 Å². The Morgan fingerprint density at radius 2 is 2.04 bits per heavy atom. The summed E-state index contributed by atoms with van der Waals surface area (Å²) in [5, 5.41) is 10.2. The molecular formula is C19H25NO4. The predicted octanol–water partition coefficient (Wildman–Crippen LogP) is 3.37. The van der Waals surface area contributed by atoms with Crippen LogP contribution < -0.4 is 4.74 Å². The maximum atomic E-state index is 12.9. The first-order valence-corrected chi connectivity index (χ1v) is 8.51. The summed E-state index contributed by atoms with van der Waals surface area (Å²) < 4.78 is 11.2. The van der Waals surface area contributed by atoms with Crippen LogP contribution in [0.1, 0.15) is 41.8 Å². The van der Waals surface area contributed by atoms with Crippen LogP contribution in [0.3, 0.4) is 0 Å². The summed E-state index contributed by atoms with van der Waals surface area (Å²) in [6, 6.07) is 5.88. The van der Waals surface area contributed by atoms with Crippen molar-refractivity contribution in [3.63, 3.8) is 0 Å². The van der Waals surface area contributed by atoms with Gasteiger partial charge in [-0.1, -0.05) is 12.1 Å². The van der Waals surface area contributed by atoms with Crippen molar-refractivity contribution in [2.75, 3.05) is 20.8 Å². The van der Waals surface area contributed by atoms with Gasteiger partial charge in [0.2, 0.25) is 0 Å². The molecule has 1 saturated carbocycles. The SMILES string of the molecule is COc1cccc2c(C)c(C(=O)N(C)C3CCC(CO)CC3)oc12. The van der Waals surface area contributed by atoms with Gasteiger partial charge < -0.3 is 19.2 Å². The van der Waals surface area contributed by atoms with Gasteiger partial charge >= 0.3 is 0 Å². The lowest BCUT2D eigenvalue weighted by Crippen LogP contribution is -2.39. The van der Waals surface area contributed by atoms with E-state index in [2.05, 4.69) is 0 Å². The Bertz CT molecular complexity index is 728. The number of para-hydroxylation sites is 1. The van der Waals surface area contributed by atoms with E-state index in [4.69, 9.17) is 9.15 Å². The number of aryl methyl sites for hydroxylation is 1. The van der Waals surface area contributed by atoms with Gasteiger partial charge in [-0.25, -0.2) is 0 Å². The van der Waals surface area contributed by atoms with Gasteiger partial charge in [-0.15, -0.1) is 0 Å². The minimum atomic E-state index is -0.0850. The molecule has 1 aromatic heterocycles. The topological polar surface area (TPSA) is 62.9 Å². The van der Waals surface area contributed by atoms with Gasteiger partial charge in [0.05, 0.1) is 7.11 Å². The normalized spacial score (nSPS) is 21.0. The molecule has 0 saturated heterocycles. The van der Waals surface area contributed by atoms with E-state index in [1.54, 1.807) is 12.0 Å². The van der Waals surface area contributed by atoms with Crippen LogP contribution in [-0.4, -0.2) is 42.7 Å². The molecule has 0 bridgehead atoms. The first kappa shape index (κ1) is 16.8. The van der Waals surface area contributed by atoms with E-state index in [-0.39, 0.29) is 18.6 Å². The van der Waals surface area contributed by atoms with Crippen LogP contribution in [0, 0.1) is 12.8 Å². The molecule has 3 rings (SSSR count). The molecule has 130 valence electrons. The molecule has 1 aliphatic carbocycles. The number of benzene rings is 1. The zero-order chi connectivity index (χ0) is 17.3. The summed E-state index contributed by atoms with van der Waals surface area (Å²) in [6.45, 7) is 2.15. The Hall–Kier alpha value is -2.01. The standard InChI is InChI=1S/C19H25NO4/c1-12-15-5-4-6-16(23-3)18(15)24-17(12)19(22)20(2)14-9-7-13(11-21)8-10-14/h4-6,13-14,21H,7-11H2,1-3H3. The molecule has 5 heteroatoms. The van der Waals surface area contributed by atoms with Crippen LogP contribution in [-0.2, 0) is 0 Å². The molecule has 2 aromatic rings. The molecular weight excluding hydrogens is 306 g/mol. The van der Waals surface area contributed by atoms with Crippen molar-refractivity contribution >= 4 is 16.9 Å². The van der Waals surface area contributed by atoms with E-state index in [0.29, 0.717) is 23.0 Å². The number of aliphatic hydroxyl groups excluding tert-OH is 1. The number of carbonyl (C=O) groups excluding carboxylic acids is 1. The third-order valence-electron chi connectivity index (χ3n) is 5.28. The molecule has 1 fully saturated rings. The monoisotopic (exact) mass is 331 g/mol. The van der Waals surface area contributed by atoms with E-state index in [0.717, 1.165) is 36.6 Å².